The fraction of sp³-hybridized carbons (Fsp3) is 0.846. The van der Waals surface area contributed by atoms with Gasteiger partial charge in [0.05, 0.1) is 17.4 Å². The first-order chi connectivity index (χ1) is 7.70. The molecule has 0 aromatic rings. The van der Waals surface area contributed by atoms with Crippen LogP contribution in [0.5, 0.6) is 0 Å². The zero-order valence-electron chi connectivity index (χ0n) is 11.9. The summed E-state index contributed by atoms with van der Waals surface area (Å²) in [6, 6.07) is 0. The molecule has 0 aliphatic heterocycles. The fourth-order valence-electron chi connectivity index (χ4n) is 2.09. The maximum atomic E-state index is 11.2. The van der Waals surface area contributed by atoms with E-state index in [4.69, 9.17) is 0 Å². The van der Waals surface area contributed by atoms with Crippen LogP contribution in [0.15, 0.2) is 0 Å². The summed E-state index contributed by atoms with van der Waals surface area (Å²) in [5, 5.41) is 22.5. The summed E-state index contributed by atoms with van der Waals surface area (Å²) in [6.45, 7) is 6.82. The van der Waals surface area contributed by atoms with E-state index in [1.807, 2.05) is 6.92 Å². The van der Waals surface area contributed by atoms with Crippen LogP contribution >= 0.6 is 0 Å². The van der Waals surface area contributed by atoms with Gasteiger partial charge >= 0.3 is 48.9 Å². The number of aliphatic carboxylic acids is 2. The van der Waals surface area contributed by atoms with Crippen molar-refractivity contribution in [2.75, 3.05) is 0 Å². The van der Waals surface area contributed by atoms with Crippen molar-refractivity contribution in [3.63, 3.8) is 0 Å². The second kappa shape index (κ2) is 8.64. The summed E-state index contributed by atoms with van der Waals surface area (Å²) in [5.74, 6) is -3.08. The van der Waals surface area contributed by atoms with Gasteiger partial charge in [0.2, 0.25) is 0 Å². The van der Waals surface area contributed by atoms with Crippen molar-refractivity contribution in [2.45, 2.75) is 59.8 Å². The average Bonchev–Trinajstić information content (AvgIpc) is 2.14. The molecule has 0 saturated heterocycles. The van der Waals surface area contributed by atoms with Crippen molar-refractivity contribution in [1.82, 2.24) is 0 Å². The zero-order valence-corrected chi connectivity index (χ0v) is 16.3. The summed E-state index contributed by atoms with van der Waals surface area (Å²) in [7, 11) is 0. The van der Waals surface area contributed by atoms with Crippen molar-refractivity contribution in [3.8, 4) is 0 Å². The number of carbonyl (C=O) groups excluding carboxylic acids is 2. The molecular formula is C13H22BaO4. The molecule has 0 radical (unpaired) electrons. The van der Waals surface area contributed by atoms with Gasteiger partial charge in [0, 0.05) is 0 Å². The Balaban J connectivity index is 0. The second-order valence-electron chi connectivity index (χ2n) is 5.54. The summed E-state index contributed by atoms with van der Waals surface area (Å²) in [4.78, 5) is 22.5. The molecule has 0 aromatic heterocycles. The Morgan fingerprint density at radius 2 is 1.39 bits per heavy atom. The van der Waals surface area contributed by atoms with Gasteiger partial charge < -0.3 is 19.8 Å². The largest absolute Gasteiger partial charge is 2.00 e. The van der Waals surface area contributed by atoms with Gasteiger partial charge in [-0.2, -0.15) is 0 Å². The third-order valence-electron chi connectivity index (χ3n) is 3.38. The molecule has 0 aromatic carbocycles. The molecule has 0 rings (SSSR count). The monoisotopic (exact) mass is 380 g/mol. The predicted octanol–water partition coefficient (Wildman–Crippen LogP) is 0.108. The van der Waals surface area contributed by atoms with Crippen molar-refractivity contribution in [1.29, 1.82) is 0 Å². The Kier molecular flexibility index (Phi) is 9.99. The number of hydrogen-bond acceptors (Lipinski definition) is 4. The van der Waals surface area contributed by atoms with E-state index in [2.05, 4.69) is 0 Å². The van der Waals surface area contributed by atoms with Crippen molar-refractivity contribution >= 4 is 60.8 Å². The van der Waals surface area contributed by atoms with Crippen molar-refractivity contribution in [2.24, 2.45) is 10.8 Å². The molecule has 0 spiro atoms. The average molecular weight is 380 g/mol. The maximum absolute atomic E-state index is 11.2. The molecule has 18 heavy (non-hydrogen) atoms. The summed E-state index contributed by atoms with van der Waals surface area (Å²) < 4.78 is 0. The molecule has 0 amide bonds. The minimum atomic E-state index is -1.90. The molecule has 0 atom stereocenters. The Morgan fingerprint density at radius 3 is 1.67 bits per heavy atom. The topological polar surface area (TPSA) is 80.3 Å². The SMILES string of the molecule is CCCCCCC(C(=O)[O-])(C(=O)[O-])C(C)(C)C.[Ba+2]. The first kappa shape index (κ1) is 20.8. The van der Waals surface area contributed by atoms with Gasteiger partial charge in [0.15, 0.2) is 0 Å². The molecule has 100 valence electrons. The third kappa shape index (κ3) is 4.89. The number of rotatable bonds is 7. The Labute approximate surface area is 150 Å². The van der Waals surface area contributed by atoms with E-state index < -0.39 is 22.8 Å². The van der Waals surface area contributed by atoms with Crippen LogP contribution in [0, 0.1) is 10.8 Å². The smallest absolute Gasteiger partial charge is 0.549 e. The van der Waals surface area contributed by atoms with Crippen LogP contribution in [-0.4, -0.2) is 60.8 Å². The fourth-order valence-corrected chi connectivity index (χ4v) is 2.09. The number of unbranched alkanes of at least 4 members (excludes halogenated alkanes) is 3. The molecular weight excluding hydrogens is 357 g/mol. The van der Waals surface area contributed by atoms with Gasteiger partial charge in [0.25, 0.3) is 0 Å². The van der Waals surface area contributed by atoms with Crippen molar-refractivity contribution in [3.05, 3.63) is 0 Å². The van der Waals surface area contributed by atoms with Crippen LogP contribution in [0.4, 0.5) is 0 Å². The molecule has 0 aliphatic carbocycles. The Morgan fingerprint density at radius 1 is 0.944 bits per heavy atom. The van der Waals surface area contributed by atoms with Crippen LogP contribution < -0.4 is 10.2 Å². The Bertz CT molecular complexity index is 267. The minimum absolute atomic E-state index is 0. The van der Waals surface area contributed by atoms with Gasteiger partial charge in [-0.25, -0.2) is 0 Å². The first-order valence-electron chi connectivity index (χ1n) is 6.13. The molecule has 4 nitrogen and oxygen atoms in total. The molecule has 0 heterocycles. The molecule has 0 fully saturated rings. The van der Waals surface area contributed by atoms with Gasteiger partial charge in [0.1, 0.15) is 0 Å². The number of carbonyl (C=O) groups is 2. The molecule has 0 N–H and O–H groups in total. The van der Waals surface area contributed by atoms with Gasteiger partial charge in [-0.1, -0.05) is 53.4 Å². The molecule has 0 saturated carbocycles. The Hall–Kier alpha value is 0.511. The normalized spacial score (nSPS) is 11.8. The quantitative estimate of drug-likeness (QED) is 0.357. The van der Waals surface area contributed by atoms with Crippen LogP contribution in [0.1, 0.15) is 59.8 Å². The number of hydrogen-bond donors (Lipinski definition) is 0. The molecule has 0 unspecified atom stereocenters. The predicted molar refractivity (Wildman–Crippen MR) is 66.4 cm³/mol. The van der Waals surface area contributed by atoms with E-state index in [0.29, 0.717) is 6.42 Å². The molecule has 0 aliphatic rings. The first-order valence-corrected chi connectivity index (χ1v) is 6.13. The maximum Gasteiger partial charge on any atom is 2.00 e. The van der Waals surface area contributed by atoms with Gasteiger partial charge in [-0.05, 0) is 11.8 Å². The van der Waals surface area contributed by atoms with E-state index in [1.54, 1.807) is 20.8 Å². The van der Waals surface area contributed by atoms with Gasteiger partial charge in [-0.3, -0.25) is 0 Å². The van der Waals surface area contributed by atoms with E-state index in [9.17, 15) is 19.8 Å². The number of carboxylic acid groups (broad SMARTS) is 2. The van der Waals surface area contributed by atoms with E-state index in [-0.39, 0.29) is 55.3 Å². The summed E-state index contributed by atoms with van der Waals surface area (Å²) >= 11 is 0. The summed E-state index contributed by atoms with van der Waals surface area (Å²) in [6.07, 6.45) is 3.45. The van der Waals surface area contributed by atoms with E-state index in [1.165, 1.54) is 0 Å². The van der Waals surface area contributed by atoms with Crippen molar-refractivity contribution < 1.29 is 19.8 Å². The third-order valence-corrected chi connectivity index (χ3v) is 3.38. The number of carboxylic acids is 2. The van der Waals surface area contributed by atoms with Crippen LogP contribution in [0.2, 0.25) is 0 Å². The van der Waals surface area contributed by atoms with E-state index >= 15 is 0 Å². The summed E-state index contributed by atoms with van der Waals surface area (Å²) in [5.41, 5.74) is -2.82. The van der Waals surface area contributed by atoms with Crippen LogP contribution in [0.3, 0.4) is 0 Å². The standard InChI is InChI=1S/C13H24O4.Ba/c1-5-6-7-8-9-13(10(14)15,11(16)17)12(2,3)4;/h5-9H2,1-4H3,(H,14,15)(H,16,17);/q;+2/p-2. The minimum Gasteiger partial charge on any atom is -0.549 e. The van der Waals surface area contributed by atoms with Crippen LogP contribution in [0.25, 0.3) is 0 Å². The van der Waals surface area contributed by atoms with Crippen LogP contribution in [-0.2, 0) is 9.59 Å². The second-order valence-corrected chi connectivity index (χ2v) is 5.54. The van der Waals surface area contributed by atoms with E-state index in [0.717, 1.165) is 19.3 Å². The molecule has 0 bridgehead atoms. The molecule has 5 heteroatoms. The van der Waals surface area contributed by atoms with Gasteiger partial charge in [-0.15, -0.1) is 0 Å². The zero-order chi connectivity index (χ0) is 13.7.